The fourth-order valence-electron chi connectivity index (χ4n) is 2.81. The summed E-state index contributed by atoms with van der Waals surface area (Å²) in [6.45, 7) is 7.07. The van der Waals surface area contributed by atoms with Crippen LogP contribution in [-0.4, -0.2) is 33.1 Å². The summed E-state index contributed by atoms with van der Waals surface area (Å²) in [6, 6.07) is 0. The number of hydrogen-bond donors (Lipinski definition) is 2. The summed E-state index contributed by atoms with van der Waals surface area (Å²) < 4.78 is 16.5. The molecule has 1 aliphatic carbocycles. The van der Waals surface area contributed by atoms with Crippen molar-refractivity contribution in [3.8, 4) is 0 Å². The van der Waals surface area contributed by atoms with E-state index in [1.807, 2.05) is 10.9 Å². The molecule has 0 bridgehead atoms. The van der Waals surface area contributed by atoms with E-state index < -0.39 is 11.6 Å². The van der Waals surface area contributed by atoms with E-state index in [0.717, 1.165) is 5.56 Å². The first-order chi connectivity index (χ1) is 10.2. The van der Waals surface area contributed by atoms with Crippen LogP contribution in [0.2, 0.25) is 0 Å². The Morgan fingerprint density at radius 1 is 1.50 bits per heavy atom. The molecule has 6 heteroatoms. The summed E-state index contributed by atoms with van der Waals surface area (Å²) in [5.74, 6) is -1.18. The largest absolute Gasteiger partial charge is 0.481 e. The predicted molar refractivity (Wildman–Crippen MR) is 82.4 cm³/mol. The van der Waals surface area contributed by atoms with Crippen LogP contribution in [-0.2, 0) is 16.9 Å². The van der Waals surface area contributed by atoms with Crippen LogP contribution in [0.3, 0.4) is 0 Å². The maximum Gasteiger partial charge on any atom is 0.306 e. The normalized spacial score (nSPS) is 26.1. The average molecular weight is 311 g/mol. The SMILES string of the molecule is CC(C)(C)n1cc(CNCC2(F)CCC(C(=O)O)CC2)cn1. The van der Waals surface area contributed by atoms with E-state index in [4.69, 9.17) is 5.11 Å². The first-order valence-corrected chi connectivity index (χ1v) is 7.86. The van der Waals surface area contributed by atoms with E-state index in [9.17, 15) is 9.18 Å². The van der Waals surface area contributed by atoms with Crippen molar-refractivity contribution in [1.29, 1.82) is 0 Å². The molecule has 0 unspecified atom stereocenters. The highest BCUT2D eigenvalue weighted by molar-refractivity contribution is 5.70. The van der Waals surface area contributed by atoms with Gasteiger partial charge in [-0.2, -0.15) is 5.10 Å². The van der Waals surface area contributed by atoms with E-state index in [1.165, 1.54) is 0 Å². The van der Waals surface area contributed by atoms with Gasteiger partial charge in [0.25, 0.3) is 0 Å². The van der Waals surface area contributed by atoms with Gasteiger partial charge in [-0.25, -0.2) is 4.39 Å². The van der Waals surface area contributed by atoms with Gasteiger partial charge in [-0.1, -0.05) is 0 Å². The van der Waals surface area contributed by atoms with Crippen LogP contribution < -0.4 is 5.32 Å². The van der Waals surface area contributed by atoms with Crippen LogP contribution in [0.5, 0.6) is 0 Å². The van der Waals surface area contributed by atoms with Crippen LogP contribution in [0.1, 0.15) is 52.0 Å². The van der Waals surface area contributed by atoms with Gasteiger partial charge in [0.1, 0.15) is 5.67 Å². The van der Waals surface area contributed by atoms with Gasteiger partial charge in [-0.05, 0) is 46.5 Å². The summed E-state index contributed by atoms with van der Waals surface area (Å²) in [4.78, 5) is 10.9. The van der Waals surface area contributed by atoms with Gasteiger partial charge >= 0.3 is 5.97 Å². The molecule has 22 heavy (non-hydrogen) atoms. The smallest absolute Gasteiger partial charge is 0.306 e. The Kier molecular flexibility index (Phi) is 4.90. The highest BCUT2D eigenvalue weighted by atomic mass is 19.1. The fraction of sp³-hybridized carbons (Fsp3) is 0.750. The van der Waals surface area contributed by atoms with E-state index in [2.05, 4.69) is 31.2 Å². The van der Waals surface area contributed by atoms with Gasteiger partial charge in [0.15, 0.2) is 0 Å². The Morgan fingerprint density at radius 2 is 2.14 bits per heavy atom. The molecule has 0 aliphatic heterocycles. The minimum atomic E-state index is -1.29. The van der Waals surface area contributed by atoms with E-state index >= 15 is 0 Å². The number of rotatable bonds is 5. The molecule has 0 aromatic carbocycles. The molecule has 2 N–H and O–H groups in total. The van der Waals surface area contributed by atoms with Crippen molar-refractivity contribution in [3.05, 3.63) is 18.0 Å². The molecule has 124 valence electrons. The monoisotopic (exact) mass is 311 g/mol. The highest BCUT2D eigenvalue weighted by Crippen LogP contribution is 2.34. The van der Waals surface area contributed by atoms with Gasteiger partial charge in [-0.3, -0.25) is 9.48 Å². The maximum atomic E-state index is 14.6. The van der Waals surface area contributed by atoms with E-state index in [-0.39, 0.29) is 18.0 Å². The standard InChI is InChI=1S/C16H26FN3O2/c1-15(2,3)20-10-12(9-19-20)8-18-11-16(17)6-4-13(5-7-16)14(21)22/h9-10,13,18H,4-8,11H2,1-3H3,(H,21,22). The zero-order valence-electron chi connectivity index (χ0n) is 13.6. The van der Waals surface area contributed by atoms with Crippen molar-refractivity contribution >= 4 is 5.97 Å². The number of hydrogen-bond acceptors (Lipinski definition) is 3. The third-order valence-electron chi connectivity index (χ3n) is 4.33. The molecule has 0 atom stereocenters. The first-order valence-electron chi connectivity index (χ1n) is 7.86. The Labute approximate surface area is 130 Å². The minimum absolute atomic E-state index is 0.0607. The lowest BCUT2D eigenvalue weighted by Crippen LogP contribution is -2.40. The van der Waals surface area contributed by atoms with Crippen molar-refractivity contribution in [1.82, 2.24) is 15.1 Å². The molecule has 1 aliphatic rings. The molecule has 0 amide bonds. The van der Waals surface area contributed by atoms with Crippen LogP contribution in [0.4, 0.5) is 4.39 Å². The number of aliphatic carboxylic acids is 1. The Bertz CT molecular complexity index is 514. The molecule has 5 nitrogen and oxygen atoms in total. The number of carboxylic acids is 1. The van der Waals surface area contributed by atoms with Gasteiger partial charge in [-0.15, -0.1) is 0 Å². The molecular weight excluding hydrogens is 285 g/mol. The zero-order valence-corrected chi connectivity index (χ0v) is 13.6. The van der Waals surface area contributed by atoms with Crippen molar-refractivity contribution in [2.24, 2.45) is 5.92 Å². The van der Waals surface area contributed by atoms with Gasteiger partial charge < -0.3 is 10.4 Å². The Hall–Kier alpha value is -1.43. The Morgan fingerprint density at radius 3 is 2.64 bits per heavy atom. The zero-order chi connectivity index (χ0) is 16.4. The Balaban J connectivity index is 1.79. The molecule has 0 radical (unpaired) electrons. The van der Waals surface area contributed by atoms with Crippen molar-refractivity contribution in [2.45, 2.75) is 64.2 Å². The number of aromatic nitrogens is 2. The molecule has 1 fully saturated rings. The molecule has 0 spiro atoms. The van der Waals surface area contributed by atoms with E-state index in [1.54, 1.807) is 6.20 Å². The summed E-state index contributed by atoms with van der Waals surface area (Å²) in [7, 11) is 0. The van der Waals surface area contributed by atoms with Crippen LogP contribution in [0.25, 0.3) is 0 Å². The van der Waals surface area contributed by atoms with Crippen LogP contribution in [0, 0.1) is 5.92 Å². The lowest BCUT2D eigenvalue weighted by atomic mass is 9.80. The van der Waals surface area contributed by atoms with Crippen molar-refractivity contribution < 1.29 is 14.3 Å². The second kappa shape index (κ2) is 6.36. The molecule has 2 rings (SSSR count). The molecule has 0 saturated heterocycles. The molecule has 1 aromatic rings. The van der Waals surface area contributed by atoms with Gasteiger partial charge in [0.2, 0.25) is 0 Å². The van der Waals surface area contributed by atoms with Gasteiger partial charge in [0.05, 0.1) is 17.7 Å². The maximum absolute atomic E-state index is 14.6. The number of nitrogens with zero attached hydrogens (tertiary/aromatic N) is 2. The summed E-state index contributed by atoms with van der Waals surface area (Å²) in [6.07, 6.45) is 5.26. The molecule has 1 saturated carbocycles. The second-order valence-corrected chi connectivity index (χ2v) is 7.33. The number of carbonyl (C=O) groups is 1. The molecule has 1 aromatic heterocycles. The quantitative estimate of drug-likeness (QED) is 0.877. The average Bonchev–Trinajstić information content (AvgIpc) is 2.88. The lowest BCUT2D eigenvalue weighted by molar-refractivity contribution is -0.143. The summed E-state index contributed by atoms with van der Waals surface area (Å²) in [5.41, 5.74) is -0.321. The van der Waals surface area contributed by atoms with Crippen molar-refractivity contribution in [2.75, 3.05) is 6.54 Å². The highest BCUT2D eigenvalue weighted by Gasteiger charge is 2.37. The molecular formula is C16H26FN3O2. The number of halogens is 1. The fourth-order valence-corrected chi connectivity index (χ4v) is 2.81. The van der Waals surface area contributed by atoms with Crippen LogP contribution in [0.15, 0.2) is 12.4 Å². The number of alkyl halides is 1. The number of nitrogens with one attached hydrogen (secondary N) is 1. The van der Waals surface area contributed by atoms with Crippen LogP contribution >= 0.6 is 0 Å². The lowest BCUT2D eigenvalue weighted by Gasteiger charge is -2.32. The number of carboxylic acid groups (broad SMARTS) is 1. The summed E-state index contributed by atoms with van der Waals surface area (Å²) in [5, 5.41) is 16.4. The first kappa shape index (κ1) is 16.9. The third kappa shape index (κ3) is 4.29. The minimum Gasteiger partial charge on any atom is -0.481 e. The van der Waals surface area contributed by atoms with E-state index in [0.29, 0.717) is 32.2 Å². The van der Waals surface area contributed by atoms with Crippen molar-refractivity contribution in [3.63, 3.8) is 0 Å². The second-order valence-electron chi connectivity index (χ2n) is 7.33. The predicted octanol–water partition coefficient (Wildman–Crippen LogP) is 2.71. The van der Waals surface area contributed by atoms with Gasteiger partial charge in [0, 0.05) is 24.8 Å². The third-order valence-corrected chi connectivity index (χ3v) is 4.33. The molecule has 1 heterocycles. The summed E-state index contributed by atoms with van der Waals surface area (Å²) >= 11 is 0. The topological polar surface area (TPSA) is 67.2 Å².